The van der Waals surface area contributed by atoms with E-state index in [4.69, 9.17) is 19.2 Å². The molecule has 1 aliphatic rings. The lowest BCUT2D eigenvalue weighted by Gasteiger charge is -2.23. The number of aliphatic imine (C=N–C) groups is 1. The molecular weight excluding hydrogens is 330 g/mol. The molecule has 0 radical (unpaired) electrons. The molecule has 2 rings (SSSR count). The van der Waals surface area contributed by atoms with Gasteiger partial charge in [-0.2, -0.15) is 0 Å². The van der Waals surface area contributed by atoms with E-state index in [1.54, 1.807) is 21.3 Å². The van der Waals surface area contributed by atoms with E-state index in [0.717, 1.165) is 37.6 Å². The van der Waals surface area contributed by atoms with E-state index in [2.05, 4.69) is 31.0 Å². The van der Waals surface area contributed by atoms with Gasteiger partial charge in [-0.3, -0.25) is 4.99 Å². The highest BCUT2D eigenvalue weighted by molar-refractivity contribution is 5.80. The number of benzene rings is 1. The average Bonchev–Trinajstić information content (AvgIpc) is 2.99. The lowest BCUT2D eigenvalue weighted by Crippen LogP contribution is -2.40. The molecule has 1 N–H and O–H groups in total. The molecule has 1 aromatic rings. The Morgan fingerprint density at radius 2 is 1.88 bits per heavy atom. The zero-order chi connectivity index (χ0) is 19.2. The Labute approximate surface area is 157 Å². The molecule has 0 aromatic heterocycles. The quantitative estimate of drug-likeness (QED) is 0.596. The number of hydrogen-bond donors (Lipinski definition) is 1. The van der Waals surface area contributed by atoms with E-state index in [1.165, 1.54) is 6.42 Å². The number of nitrogens with one attached hydrogen (secondary N) is 1. The smallest absolute Gasteiger partial charge is 0.203 e. The van der Waals surface area contributed by atoms with Crippen LogP contribution in [0.5, 0.6) is 17.2 Å². The monoisotopic (exact) mass is 363 g/mol. The minimum Gasteiger partial charge on any atom is -0.493 e. The predicted molar refractivity (Wildman–Crippen MR) is 106 cm³/mol. The van der Waals surface area contributed by atoms with E-state index in [1.807, 2.05) is 12.1 Å². The summed E-state index contributed by atoms with van der Waals surface area (Å²) in [6.45, 7) is 10.4. The van der Waals surface area contributed by atoms with Crippen molar-refractivity contribution in [1.29, 1.82) is 0 Å². The summed E-state index contributed by atoms with van der Waals surface area (Å²) in [5.74, 6) is 3.01. The van der Waals surface area contributed by atoms with Crippen LogP contribution >= 0.6 is 0 Å². The molecule has 6 heteroatoms. The molecule has 0 bridgehead atoms. The molecule has 1 heterocycles. The summed E-state index contributed by atoms with van der Waals surface area (Å²) in [6, 6.07) is 3.93. The molecule has 146 valence electrons. The van der Waals surface area contributed by atoms with Crippen molar-refractivity contribution in [3.05, 3.63) is 17.7 Å². The summed E-state index contributed by atoms with van der Waals surface area (Å²) in [6.07, 6.45) is 1.97. The topological polar surface area (TPSA) is 55.3 Å². The van der Waals surface area contributed by atoms with E-state index >= 15 is 0 Å². The van der Waals surface area contributed by atoms with Gasteiger partial charge in [0.2, 0.25) is 5.75 Å². The second-order valence-electron chi connectivity index (χ2n) is 7.31. The van der Waals surface area contributed by atoms with Gasteiger partial charge in [0, 0.05) is 31.7 Å². The second-order valence-corrected chi connectivity index (χ2v) is 7.31. The van der Waals surface area contributed by atoms with Crippen LogP contribution < -0.4 is 19.5 Å². The van der Waals surface area contributed by atoms with Gasteiger partial charge in [-0.05, 0) is 31.2 Å². The van der Waals surface area contributed by atoms with Crippen molar-refractivity contribution >= 4 is 5.96 Å². The summed E-state index contributed by atoms with van der Waals surface area (Å²) in [5.41, 5.74) is 1.41. The standard InChI is InChI=1S/C20H33N3O3/c1-7-21-19(23-13-11-20(2,3)14-23)22-12-10-15-8-9-16(24-4)18(26-6)17(15)25-5/h8-9H,7,10-14H2,1-6H3,(H,21,22). The Morgan fingerprint density at radius 1 is 1.15 bits per heavy atom. The van der Waals surface area contributed by atoms with Gasteiger partial charge in [-0.25, -0.2) is 0 Å². The van der Waals surface area contributed by atoms with Gasteiger partial charge >= 0.3 is 0 Å². The maximum atomic E-state index is 5.56. The molecule has 0 spiro atoms. The van der Waals surface area contributed by atoms with Crippen molar-refractivity contribution in [2.75, 3.05) is 47.5 Å². The molecule has 6 nitrogen and oxygen atoms in total. The van der Waals surface area contributed by atoms with Crippen molar-refractivity contribution in [3.63, 3.8) is 0 Å². The Bertz CT molecular complexity index is 629. The van der Waals surface area contributed by atoms with Gasteiger partial charge in [0.15, 0.2) is 17.5 Å². The van der Waals surface area contributed by atoms with Crippen molar-refractivity contribution < 1.29 is 14.2 Å². The van der Waals surface area contributed by atoms with E-state index in [-0.39, 0.29) is 0 Å². The van der Waals surface area contributed by atoms with E-state index < -0.39 is 0 Å². The van der Waals surface area contributed by atoms with Gasteiger partial charge in [-0.1, -0.05) is 19.9 Å². The highest BCUT2D eigenvalue weighted by atomic mass is 16.5. The van der Waals surface area contributed by atoms with Crippen LogP contribution in [0, 0.1) is 5.41 Å². The molecule has 26 heavy (non-hydrogen) atoms. The van der Waals surface area contributed by atoms with Gasteiger partial charge in [0.25, 0.3) is 0 Å². The second kappa shape index (κ2) is 9.01. The zero-order valence-corrected chi connectivity index (χ0v) is 17.0. The van der Waals surface area contributed by atoms with Gasteiger partial charge in [0.1, 0.15) is 0 Å². The molecule has 0 unspecified atom stereocenters. The first kappa shape index (κ1) is 20.2. The van der Waals surface area contributed by atoms with Crippen LogP contribution in [0.25, 0.3) is 0 Å². The number of nitrogens with zero attached hydrogens (tertiary/aromatic N) is 2. The molecule has 1 aliphatic heterocycles. The van der Waals surface area contributed by atoms with Crippen LogP contribution in [-0.4, -0.2) is 58.4 Å². The third-order valence-electron chi connectivity index (χ3n) is 4.74. The first-order valence-electron chi connectivity index (χ1n) is 9.27. The maximum absolute atomic E-state index is 5.56. The number of likely N-dealkylation sites (tertiary alicyclic amines) is 1. The van der Waals surface area contributed by atoms with Gasteiger partial charge in [0.05, 0.1) is 21.3 Å². The Kier molecular flexibility index (Phi) is 7.00. The number of hydrogen-bond acceptors (Lipinski definition) is 4. The van der Waals surface area contributed by atoms with Gasteiger partial charge < -0.3 is 24.4 Å². The fourth-order valence-corrected chi connectivity index (χ4v) is 3.36. The van der Waals surface area contributed by atoms with Crippen LogP contribution in [0.4, 0.5) is 0 Å². The predicted octanol–water partition coefficient (Wildman–Crippen LogP) is 2.95. The molecule has 0 aliphatic carbocycles. The summed E-state index contributed by atoms with van der Waals surface area (Å²) in [5, 5.41) is 3.42. The van der Waals surface area contributed by atoms with Crippen molar-refractivity contribution in [2.24, 2.45) is 10.4 Å². The third-order valence-corrected chi connectivity index (χ3v) is 4.74. The highest BCUT2D eigenvalue weighted by Gasteiger charge is 2.30. The fraction of sp³-hybridized carbons (Fsp3) is 0.650. The maximum Gasteiger partial charge on any atom is 0.203 e. The summed E-state index contributed by atoms with van der Waals surface area (Å²) in [7, 11) is 4.91. The number of ether oxygens (including phenoxy) is 3. The zero-order valence-electron chi connectivity index (χ0n) is 17.0. The first-order chi connectivity index (χ1) is 12.5. The Hall–Kier alpha value is -2.11. The molecule has 1 aromatic carbocycles. The summed E-state index contributed by atoms with van der Waals surface area (Å²) < 4.78 is 16.4. The number of guanidine groups is 1. The van der Waals surface area contributed by atoms with Crippen LogP contribution in [0.2, 0.25) is 0 Å². The molecule has 0 atom stereocenters. The summed E-state index contributed by atoms with van der Waals surface area (Å²) >= 11 is 0. The Balaban J connectivity index is 2.12. The number of rotatable bonds is 7. The average molecular weight is 364 g/mol. The molecule has 0 saturated carbocycles. The van der Waals surface area contributed by atoms with Crippen molar-refractivity contribution in [3.8, 4) is 17.2 Å². The Morgan fingerprint density at radius 3 is 2.42 bits per heavy atom. The van der Waals surface area contributed by atoms with Crippen LogP contribution in [0.15, 0.2) is 17.1 Å². The fourth-order valence-electron chi connectivity index (χ4n) is 3.36. The molecule has 1 fully saturated rings. The summed E-state index contributed by atoms with van der Waals surface area (Å²) in [4.78, 5) is 7.19. The normalized spacial score (nSPS) is 16.5. The minimum absolute atomic E-state index is 0.350. The molecule has 1 saturated heterocycles. The van der Waals surface area contributed by atoms with E-state index in [9.17, 15) is 0 Å². The number of methoxy groups -OCH3 is 3. The lowest BCUT2D eigenvalue weighted by atomic mass is 9.93. The lowest BCUT2D eigenvalue weighted by molar-refractivity contribution is 0.322. The van der Waals surface area contributed by atoms with Crippen molar-refractivity contribution in [2.45, 2.75) is 33.6 Å². The highest BCUT2D eigenvalue weighted by Crippen LogP contribution is 2.39. The molecular formula is C20H33N3O3. The first-order valence-corrected chi connectivity index (χ1v) is 9.27. The molecule has 0 amide bonds. The van der Waals surface area contributed by atoms with Crippen LogP contribution in [-0.2, 0) is 6.42 Å². The van der Waals surface area contributed by atoms with Crippen LogP contribution in [0.3, 0.4) is 0 Å². The third kappa shape index (κ3) is 4.74. The van der Waals surface area contributed by atoms with Crippen molar-refractivity contribution in [1.82, 2.24) is 10.2 Å². The van der Waals surface area contributed by atoms with Crippen LogP contribution in [0.1, 0.15) is 32.8 Å². The van der Waals surface area contributed by atoms with E-state index in [0.29, 0.717) is 29.2 Å². The largest absolute Gasteiger partial charge is 0.493 e. The van der Waals surface area contributed by atoms with Gasteiger partial charge in [-0.15, -0.1) is 0 Å². The SMILES string of the molecule is CCNC(=NCCc1ccc(OC)c(OC)c1OC)N1CCC(C)(C)C1. The minimum atomic E-state index is 0.350.